The molecule has 0 unspecified atom stereocenters. The van der Waals surface area contributed by atoms with Gasteiger partial charge in [0.2, 0.25) is 0 Å². The molecule has 6 nitrogen and oxygen atoms in total. The minimum Gasteiger partial charge on any atom is -0.496 e. The molecule has 2 rings (SSSR count). The average Bonchev–Trinajstić information content (AvgIpc) is 2.61. The van der Waals surface area contributed by atoms with E-state index in [1.165, 1.54) is 14.2 Å². The van der Waals surface area contributed by atoms with E-state index in [-0.39, 0.29) is 11.5 Å². The Bertz CT molecular complexity index is 605. The van der Waals surface area contributed by atoms with Crippen LogP contribution in [0.25, 0.3) is 0 Å². The molecule has 0 aliphatic heterocycles. The van der Waals surface area contributed by atoms with E-state index >= 15 is 0 Å². The number of carbonyl (C=O) groups is 2. The Morgan fingerprint density at radius 2 is 1.83 bits per heavy atom. The van der Waals surface area contributed by atoms with Gasteiger partial charge in [0.1, 0.15) is 16.9 Å². The summed E-state index contributed by atoms with van der Waals surface area (Å²) in [6, 6.07) is 4.87. The van der Waals surface area contributed by atoms with E-state index in [0.29, 0.717) is 30.2 Å². The van der Waals surface area contributed by atoms with Crippen LogP contribution in [0.3, 0.4) is 0 Å². The van der Waals surface area contributed by atoms with E-state index < -0.39 is 11.6 Å². The topological polar surface area (TPSA) is 73.9 Å². The van der Waals surface area contributed by atoms with Crippen LogP contribution in [0.15, 0.2) is 18.2 Å². The number of rotatable bonds is 5. The van der Waals surface area contributed by atoms with Gasteiger partial charge < -0.3 is 19.5 Å². The van der Waals surface area contributed by atoms with Crippen LogP contribution in [-0.4, -0.2) is 38.8 Å². The molecule has 1 fully saturated rings. The van der Waals surface area contributed by atoms with Gasteiger partial charge in [-0.2, -0.15) is 0 Å². The van der Waals surface area contributed by atoms with E-state index in [2.05, 4.69) is 12.2 Å². The van der Waals surface area contributed by atoms with Crippen LogP contribution in [0.4, 0.5) is 5.69 Å². The summed E-state index contributed by atoms with van der Waals surface area (Å²) in [5, 5.41) is 2.86. The first-order chi connectivity index (χ1) is 11.5. The number of anilines is 1. The molecular weight excluding hydrogens is 310 g/mol. The van der Waals surface area contributed by atoms with Gasteiger partial charge in [-0.1, -0.05) is 6.92 Å². The van der Waals surface area contributed by atoms with E-state index in [4.69, 9.17) is 14.2 Å². The minimum absolute atomic E-state index is 0.183. The quantitative estimate of drug-likeness (QED) is 0.837. The molecule has 0 heterocycles. The van der Waals surface area contributed by atoms with Gasteiger partial charge in [0.05, 0.1) is 14.2 Å². The molecule has 24 heavy (non-hydrogen) atoms. The van der Waals surface area contributed by atoms with Crippen molar-refractivity contribution in [3.8, 4) is 5.75 Å². The molecule has 0 spiro atoms. The van der Waals surface area contributed by atoms with Gasteiger partial charge >= 0.3 is 5.97 Å². The molecule has 1 aromatic carbocycles. The Labute approximate surface area is 142 Å². The van der Waals surface area contributed by atoms with E-state index in [9.17, 15) is 9.59 Å². The highest BCUT2D eigenvalue weighted by molar-refractivity contribution is 5.99. The number of methoxy groups -OCH3 is 3. The van der Waals surface area contributed by atoms with E-state index in [0.717, 1.165) is 12.8 Å². The van der Waals surface area contributed by atoms with Crippen molar-refractivity contribution in [3.63, 3.8) is 0 Å². The van der Waals surface area contributed by atoms with Crippen LogP contribution in [0.2, 0.25) is 0 Å². The van der Waals surface area contributed by atoms with Crippen molar-refractivity contribution in [2.75, 3.05) is 26.6 Å². The molecule has 1 aliphatic carbocycles. The fourth-order valence-electron chi connectivity index (χ4n) is 3.05. The van der Waals surface area contributed by atoms with Crippen molar-refractivity contribution in [1.82, 2.24) is 0 Å². The van der Waals surface area contributed by atoms with Gasteiger partial charge in [-0.15, -0.1) is 0 Å². The second-order valence-corrected chi connectivity index (χ2v) is 6.24. The summed E-state index contributed by atoms with van der Waals surface area (Å²) in [5.41, 5.74) is -0.0319. The Hall–Kier alpha value is -2.08. The van der Waals surface area contributed by atoms with Crippen molar-refractivity contribution in [2.24, 2.45) is 5.92 Å². The van der Waals surface area contributed by atoms with E-state index in [1.807, 2.05) is 0 Å². The maximum atomic E-state index is 12.7. The molecule has 132 valence electrons. The Balaban J connectivity index is 2.20. The number of carbonyl (C=O) groups excluding carboxylic acids is 2. The summed E-state index contributed by atoms with van der Waals surface area (Å²) < 4.78 is 15.5. The van der Waals surface area contributed by atoms with E-state index in [1.54, 1.807) is 25.3 Å². The summed E-state index contributed by atoms with van der Waals surface area (Å²) in [6.07, 6.45) is 3.29. The fraction of sp³-hybridized carbons (Fsp3) is 0.556. The third kappa shape index (κ3) is 3.70. The van der Waals surface area contributed by atoms with Gasteiger partial charge in [0.25, 0.3) is 5.91 Å². The lowest BCUT2D eigenvalue weighted by atomic mass is 9.79. The molecular formula is C18H25NO5. The largest absolute Gasteiger partial charge is 0.496 e. The molecule has 6 heteroatoms. The van der Waals surface area contributed by atoms with Crippen molar-refractivity contribution >= 4 is 17.6 Å². The van der Waals surface area contributed by atoms with Gasteiger partial charge in [-0.05, 0) is 49.8 Å². The van der Waals surface area contributed by atoms with Gasteiger partial charge in [-0.25, -0.2) is 4.79 Å². The number of benzene rings is 1. The molecule has 0 atom stereocenters. The lowest BCUT2D eigenvalue weighted by molar-refractivity contribution is -0.142. The van der Waals surface area contributed by atoms with Crippen LogP contribution in [0.5, 0.6) is 5.75 Å². The predicted octanol–water partition coefficient (Wildman–Crippen LogP) is 3.02. The highest BCUT2D eigenvalue weighted by Gasteiger charge is 2.41. The van der Waals surface area contributed by atoms with Crippen LogP contribution in [-0.2, 0) is 14.3 Å². The third-order valence-corrected chi connectivity index (χ3v) is 4.75. The Morgan fingerprint density at radius 3 is 2.38 bits per heavy atom. The second kappa shape index (κ2) is 7.66. The third-order valence-electron chi connectivity index (χ3n) is 4.75. The lowest BCUT2D eigenvalue weighted by Crippen LogP contribution is -2.47. The highest BCUT2D eigenvalue weighted by atomic mass is 16.5. The number of hydrogen-bond donors (Lipinski definition) is 1. The predicted molar refractivity (Wildman–Crippen MR) is 90.3 cm³/mol. The number of amides is 1. The zero-order valence-electron chi connectivity index (χ0n) is 14.7. The standard InChI is InChI=1S/C18H25NO5/c1-12-7-9-18(24-4,10-8-12)17(21)19-13-5-6-15(22-2)14(11-13)16(20)23-3/h5-6,11-12H,7-10H2,1-4H3,(H,19,21). The van der Waals surface area contributed by atoms with Crippen molar-refractivity contribution in [2.45, 2.75) is 38.2 Å². The van der Waals surface area contributed by atoms with Gasteiger partial charge in [0.15, 0.2) is 0 Å². The second-order valence-electron chi connectivity index (χ2n) is 6.24. The first kappa shape index (κ1) is 18.3. The first-order valence-electron chi connectivity index (χ1n) is 8.08. The Kier molecular flexibility index (Phi) is 5.83. The maximum Gasteiger partial charge on any atom is 0.341 e. The molecule has 1 aliphatic rings. The van der Waals surface area contributed by atoms with Crippen molar-refractivity contribution in [3.05, 3.63) is 23.8 Å². The molecule has 1 aromatic rings. The zero-order valence-corrected chi connectivity index (χ0v) is 14.7. The molecule has 0 radical (unpaired) electrons. The monoisotopic (exact) mass is 335 g/mol. The molecule has 0 saturated heterocycles. The van der Waals surface area contributed by atoms with Crippen molar-refractivity contribution < 1.29 is 23.8 Å². The molecule has 1 N–H and O–H groups in total. The summed E-state index contributed by atoms with van der Waals surface area (Å²) in [5.74, 6) is 0.301. The normalized spacial score (nSPS) is 23.4. The van der Waals surface area contributed by atoms with Gasteiger partial charge in [-0.3, -0.25) is 4.79 Å². The van der Waals surface area contributed by atoms with Crippen LogP contribution in [0.1, 0.15) is 43.0 Å². The SMILES string of the molecule is COC(=O)c1cc(NC(=O)C2(OC)CCC(C)CC2)ccc1OC. The molecule has 1 saturated carbocycles. The first-order valence-corrected chi connectivity index (χ1v) is 8.08. The summed E-state index contributed by atoms with van der Waals surface area (Å²) >= 11 is 0. The van der Waals surface area contributed by atoms with Crippen LogP contribution in [0, 0.1) is 5.92 Å². The average molecular weight is 335 g/mol. The number of hydrogen-bond acceptors (Lipinski definition) is 5. The fourth-order valence-corrected chi connectivity index (χ4v) is 3.05. The van der Waals surface area contributed by atoms with Crippen LogP contribution < -0.4 is 10.1 Å². The summed E-state index contributed by atoms with van der Waals surface area (Å²) in [4.78, 5) is 24.6. The van der Waals surface area contributed by atoms with Gasteiger partial charge in [0, 0.05) is 12.8 Å². The molecule has 0 bridgehead atoms. The minimum atomic E-state index is -0.808. The number of ether oxygens (including phenoxy) is 3. The lowest BCUT2D eigenvalue weighted by Gasteiger charge is -2.36. The Morgan fingerprint density at radius 1 is 1.17 bits per heavy atom. The van der Waals surface area contributed by atoms with Crippen molar-refractivity contribution in [1.29, 1.82) is 0 Å². The molecule has 1 amide bonds. The summed E-state index contributed by atoms with van der Waals surface area (Å²) in [7, 11) is 4.35. The number of nitrogens with one attached hydrogen (secondary N) is 1. The smallest absolute Gasteiger partial charge is 0.341 e. The number of esters is 1. The summed E-state index contributed by atoms with van der Waals surface area (Å²) in [6.45, 7) is 2.18. The maximum absolute atomic E-state index is 12.7. The zero-order chi connectivity index (χ0) is 17.7. The highest BCUT2D eigenvalue weighted by Crippen LogP contribution is 2.35. The van der Waals surface area contributed by atoms with Crippen LogP contribution >= 0.6 is 0 Å². The molecule has 0 aromatic heterocycles.